The fraction of sp³-hybridized carbons (Fsp3) is 0.154. The second kappa shape index (κ2) is 6.06. The van der Waals surface area contributed by atoms with E-state index in [2.05, 4.69) is 26.3 Å². The molecule has 1 aromatic heterocycles. The molecule has 0 unspecified atom stereocenters. The molecule has 0 bridgehead atoms. The first-order chi connectivity index (χ1) is 9.90. The predicted molar refractivity (Wildman–Crippen MR) is 82.4 cm³/mol. The molecule has 0 radical (unpaired) electrons. The normalized spacial score (nSPS) is 10.3. The van der Waals surface area contributed by atoms with Gasteiger partial charge in [0, 0.05) is 4.47 Å². The van der Waals surface area contributed by atoms with Gasteiger partial charge in [0.2, 0.25) is 5.88 Å². The zero-order valence-corrected chi connectivity index (χ0v) is 13.0. The van der Waals surface area contributed by atoms with E-state index < -0.39 is 4.92 Å². The number of nitrogen functional groups attached to an aromatic ring is 1. The number of halogens is 1. The second-order valence-corrected chi connectivity index (χ2v) is 5.22. The minimum atomic E-state index is -0.534. The maximum Gasteiger partial charge on any atom is 0.278 e. The van der Waals surface area contributed by atoms with Gasteiger partial charge in [-0.1, -0.05) is 15.9 Å². The van der Waals surface area contributed by atoms with E-state index in [1.54, 1.807) is 0 Å². The molecule has 0 atom stereocenters. The Bertz CT molecular complexity index is 683. The fourth-order valence-electron chi connectivity index (χ4n) is 1.81. The Morgan fingerprint density at radius 1 is 1.29 bits per heavy atom. The molecule has 7 nitrogen and oxygen atoms in total. The molecule has 0 aliphatic heterocycles. The van der Waals surface area contributed by atoms with Gasteiger partial charge in [-0.25, -0.2) is 5.84 Å². The lowest BCUT2D eigenvalue weighted by atomic mass is 10.1. The van der Waals surface area contributed by atoms with E-state index in [-0.39, 0.29) is 17.4 Å². The summed E-state index contributed by atoms with van der Waals surface area (Å²) in [7, 11) is 0. The van der Waals surface area contributed by atoms with Crippen LogP contribution in [0.4, 0.5) is 11.5 Å². The summed E-state index contributed by atoms with van der Waals surface area (Å²) in [6.45, 7) is 3.86. The van der Waals surface area contributed by atoms with Crippen molar-refractivity contribution in [2.24, 2.45) is 5.84 Å². The molecule has 0 amide bonds. The summed E-state index contributed by atoms with van der Waals surface area (Å²) < 4.78 is 6.59. The smallest absolute Gasteiger partial charge is 0.278 e. The number of benzene rings is 1. The maximum atomic E-state index is 10.9. The Morgan fingerprint density at radius 3 is 2.43 bits per heavy atom. The Labute approximate surface area is 129 Å². The average Bonchev–Trinajstić information content (AvgIpc) is 2.44. The van der Waals surface area contributed by atoms with Gasteiger partial charge in [0.05, 0.1) is 17.1 Å². The van der Waals surface area contributed by atoms with Crippen molar-refractivity contribution >= 4 is 27.4 Å². The summed E-state index contributed by atoms with van der Waals surface area (Å²) in [5.74, 6) is 6.05. The van der Waals surface area contributed by atoms with Gasteiger partial charge >= 0.3 is 0 Å². The Balaban J connectivity index is 2.39. The molecule has 0 aliphatic rings. The number of aromatic nitrogens is 1. The first kappa shape index (κ1) is 15.2. The zero-order valence-electron chi connectivity index (χ0n) is 11.4. The van der Waals surface area contributed by atoms with Crippen LogP contribution in [0.2, 0.25) is 0 Å². The van der Waals surface area contributed by atoms with Crippen molar-refractivity contribution in [3.8, 4) is 11.6 Å². The van der Waals surface area contributed by atoms with E-state index in [4.69, 9.17) is 10.6 Å². The lowest BCUT2D eigenvalue weighted by molar-refractivity contribution is -0.384. The molecule has 0 saturated carbocycles. The van der Waals surface area contributed by atoms with Gasteiger partial charge in [-0.2, -0.15) is 4.98 Å². The molecule has 110 valence electrons. The Kier molecular flexibility index (Phi) is 4.39. The molecule has 1 heterocycles. The van der Waals surface area contributed by atoms with E-state index in [1.165, 1.54) is 12.1 Å². The minimum Gasteiger partial charge on any atom is -0.439 e. The van der Waals surface area contributed by atoms with Crippen molar-refractivity contribution in [1.82, 2.24) is 4.98 Å². The van der Waals surface area contributed by atoms with Gasteiger partial charge < -0.3 is 10.2 Å². The van der Waals surface area contributed by atoms with E-state index >= 15 is 0 Å². The number of rotatable bonds is 4. The SMILES string of the molecule is Cc1cc(Oc2cc([N+](=O)[O-])cc(NN)n2)cc(C)c1Br. The number of ether oxygens (including phenoxy) is 1. The monoisotopic (exact) mass is 352 g/mol. The minimum absolute atomic E-state index is 0.0956. The summed E-state index contributed by atoms with van der Waals surface area (Å²) in [6.07, 6.45) is 0. The van der Waals surface area contributed by atoms with Crippen molar-refractivity contribution < 1.29 is 9.66 Å². The Hall–Kier alpha value is -2.19. The number of nitrogens with zero attached hydrogens (tertiary/aromatic N) is 2. The topological polar surface area (TPSA) is 103 Å². The van der Waals surface area contributed by atoms with Crippen molar-refractivity contribution in [2.75, 3.05) is 5.43 Å². The van der Waals surface area contributed by atoms with Crippen LogP contribution in [-0.4, -0.2) is 9.91 Å². The molecule has 0 saturated heterocycles. The van der Waals surface area contributed by atoms with E-state index in [0.717, 1.165) is 15.6 Å². The maximum absolute atomic E-state index is 10.9. The van der Waals surface area contributed by atoms with Crippen LogP contribution in [0.5, 0.6) is 11.6 Å². The molecule has 0 fully saturated rings. The lowest BCUT2D eigenvalue weighted by Gasteiger charge is -2.10. The van der Waals surface area contributed by atoms with Crippen LogP contribution < -0.4 is 16.0 Å². The molecule has 2 rings (SSSR count). The van der Waals surface area contributed by atoms with Crippen molar-refractivity contribution in [3.63, 3.8) is 0 Å². The highest BCUT2D eigenvalue weighted by Gasteiger charge is 2.13. The zero-order chi connectivity index (χ0) is 15.6. The number of nitrogens with one attached hydrogen (secondary N) is 1. The molecule has 0 aliphatic carbocycles. The average molecular weight is 353 g/mol. The van der Waals surface area contributed by atoms with Crippen LogP contribution in [0.15, 0.2) is 28.7 Å². The van der Waals surface area contributed by atoms with Crippen molar-refractivity contribution in [3.05, 3.63) is 50.0 Å². The third-order valence-corrected chi connectivity index (χ3v) is 4.03. The fourth-order valence-corrected chi connectivity index (χ4v) is 2.04. The summed E-state index contributed by atoms with van der Waals surface area (Å²) >= 11 is 3.47. The third-order valence-electron chi connectivity index (χ3n) is 2.78. The number of anilines is 1. The lowest BCUT2D eigenvalue weighted by Crippen LogP contribution is -2.09. The summed E-state index contributed by atoms with van der Waals surface area (Å²) in [5.41, 5.74) is 4.11. The van der Waals surface area contributed by atoms with Crippen LogP contribution in [0, 0.1) is 24.0 Å². The van der Waals surface area contributed by atoms with Crippen LogP contribution in [0.25, 0.3) is 0 Å². The van der Waals surface area contributed by atoms with Crippen molar-refractivity contribution in [1.29, 1.82) is 0 Å². The number of hydrazine groups is 1. The van der Waals surface area contributed by atoms with Gasteiger partial charge in [0.1, 0.15) is 5.75 Å². The van der Waals surface area contributed by atoms with Crippen LogP contribution in [-0.2, 0) is 0 Å². The van der Waals surface area contributed by atoms with Gasteiger partial charge in [-0.15, -0.1) is 0 Å². The number of nitro groups is 1. The summed E-state index contributed by atoms with van der Waals surface area (Å²) in [4.78, 5) is 14.4. The number of nitrogens with two attached hydrogens (primary N) is 1. The van der Waals surface area contributed by atoms with Crippen LogP contribution in [0.1, 0.15) is 11.1 Å². The first-order valence-electron chi connectivity index (χ1n) is 5.98. The quantitative estimate of drug-likeness (QED) is 0.496. The van der Waals surface area contributed by atoms with Gasteiger partial charge in [-0.3, -0.25) is 10.1 Å². The van der Waals surface area contributed by atoms with E-state index in [0.29, 0.717) is 5.75 Å². The standard InChI is InChI=1S/C13H13BrN4O3/c1-7-3-10(4-8(2)13(7)14)21-12-6-9(18(19)20)5-11(16-12)17-15/h3-6H,15H2,1-2H3,(H,16,17). The van der Waals surface area contributed by atoms with Crippen molar-refractivity contribution in [2.45, 2.75) is 13.8 Å². The second-order valence-electron chi connectivity index (χ2n) is 4.42. The number of hydrogen-bond donors (Lipinski definition) is 2. The highest BCUT2D eigenvalue weighted by molar-refractivity contribution is 9.10. The molecular weight excluding hydrogens is 340 g/mol. The molecular formula is C13H13BrN4O3. The van der Waals surface area contributed by atoms with Gasteiger partial charge in [0.15, 0.2) is 5.82 Å². The highest BCUT2D eigenvalue weighted by Crippen LogP contribution is 2.30. The summed E-state index contributed by atoms with van der Waals surface area (Å²) in [5, 5.41) is 10.9. The molecule has 1 aromatic carbocycles. The van der Waals surface area contributed by atoms with Gasteiger partial charge in [-0.05, 0) is 37.1 Å². The van der Waals surface area contributed by atoms with Gasteiger partial charge in [0.25, 0.3) is 5.69 Å². The number of hydrogen-bond acceptors (Lipinski definition) is 6. The van der Waals surface area contributed by atoms with Crippen LogP contribution >= 0.6 is 15.9 Å². The molecule has 21 heavy (non-hydrogen) atoms. The number of aryl methyl sites for hydroxylation is 2. The summed E-state index contributed by atoms with van der Waals surface area (Å²) in [6, 6.07) is 6.10. The number of pyridine rings is 1. The largest absolute Gasteiger partial charge is 0.439 e. The molecule has 3 N–H and O–H groups in total. The predicted octanol–water partition coefficient (Wildman–Crippen LogP) is 3.45. The third kappa shape index (κ3) is 3.47. The Morgan fingerprint density at radius 2 is 1.90 bits per heavy atom. The molecule has 8 heteroatoms. The van der Waals surface area contributed by atoms with E-state index in [9.17, 15) is 10.1 Å². The van der Waals surface area contributed by atoms with E-state index in [1.807, 2.05) is 26.0 Å². The first-order valence-corrected chi connectivity index (χ1v) is 6.77. The highest BCUT2D eigenvalue weighted by atomic mass is 79.9. The molecule has 0 spiro atoms. The van der Waals surface area contributed by atoms with Crippen LogP contribution in [0.3, 0.4) is 0 Å². The molecule has 2 aromatic rings.